The van der Waals surface area contributed by atoms with Gasteiger partial charge in [-0.05, 0) is 36.8 Å². The third kappa shape index (κ3) is 3.29. The highest BCUT2D eigenvalue weighted by atomic mass is 16.4. The van der Waals surface area contributed by atoms with Gasteiger partial charge in [0.05, 0.1) is 11.7 Å². The van der Waals surface area contributed by atoms with E-state index in [9.17, 15) is 19.5 Å². The highest BCUT2D eigenvalue weighted by Gasteiger charge is 2.34. The maximum Gasteiger partial charge on any atom is 0.333 e. The molecule has 0 radical (unpaired) electrons. The van der Waals surface area contributed by atoms with Crippen molar-refractivity contribution in [1.82, 2.24) is 5.32 Å². The molecule has 1 saturated heterocycles. The van der Waals surface area contributed by atoms with Crippen molar-refractivity contribution in [2.24, 2.45) is 0 Å². The van der Waals surface area contributed by atoms with E-state index in [0.717, 1.165) is 4.90 Å². The molecule has 0 unspecified atom stereocenters. The normalized spacial score (nSPS) is 15.1. The maximum atomic E-state index is 12.6. The molecule has 7 heteroatoms. The Labute approximate surface area is 165 Å². The molecule has 1 aromatic heterocycles. The lowest BCUT2D eigenvalue weighted by molar-refractivity contribution is -0.255. The minimum atomic E-state index is -1.27. The molecular weight excluding hydrogens is 372 g/mol. The number of hydrogen-bond acceptors (Lipinski definition) is 5. The Morgan fingerprint density at radius 3 is 2.52 bits per heavy atom. The van der Waals surface area contributed by atoms with Gasteiger partial charge in [0.25, 0.3) is 5.91 Å². The number of carbonyl (C=O) groups excluding carboxylic acids is 3. The Kier molecular flexibility index (Phi) is 4.48. The van der Waals surface area contributed by atoms with Gasteiger partial charge in [0, 0.05) is 17.2 Å². The van der Waals surface area contributed by atoms with Gasteiger partial charge in [0.1, 0.15) is 17.2 Å². The lowest BCUT2D eigenvalue weighted by Crippen LogP contribution is -2.30. The Morgan fingerprint density at radius 2 is 1.79 bits per heavy atom. The van der Waals surface area contributed by atoms with Crippen LogP contribution in [0.3, 0.4) is 0 Å². The zero-order valence-corrected chi connectivity index (χ0v) is 15.3. The van der Waals surface area contributed by atoms with Gasteiger partial charge in [0.2, 0.25) is 0 Å². The first-order valence-electron chi connectivity index (χ1n) is 8.79. The number of benzene rings is 2. The molecule has 144 valence electrons. The first-order valence-corrected chi connectivity index (χ1v) is 8.79. The number of nitrogens with one attached hydrogen (secondary N) is 1. The molecule has 0 saturated carbocycles. The minimum Gasteiger partial charge on any atom is -0.545 e. The van der Waals surface area contributed by atoms with Crippen molar-refractivity contribution in [3.05, 3.63) is 83.2 Å². The van der Waals surface area contributed by atoms with Gasteiger partial charge in [0.15, 0.2) is 0 Å². The summed E-state index contributed by atoms with van der Waals surface area (Å²) in [5.41, 5.74) is 1.74. The minimum absolute atomic E-state index is 0.0792. The van der Waals surface area contributed by atoms with E-state index in [2.05, 4.69) is 5.32 Å². The average Bonchev–Trinajstić information content (AvgIpc) is 3.27. The van der Waals surface area contributed by atoms with E-state index in [1.807, 2.05) is 0 Å². The number of aromatic carboxylic acids is 1. The summed E-state index contributed by atoms with van der Waals surface area (Å²) in [6, 6.07) is 16.2. The highest BCUT2D eigenvalue weighted by molar-refractivity contribution is 6.28. The summed E-state index contributed by atoms with van der Waals surface area (Å²) in [6.07, 6.45) is 1.44. The predicted molar refractivity (Wildman–Crippen MR) is 104 cm³/mol. The molecule has 1 fully saturated rings. The van der Waals surface area contributed by atoms with Crippen LogP contribution in [0.15, 0.2) is 70.8 Å². The highest BCUT2D eigenvalue weighted by Crippen LogP contribution is 2.29. The lowest BCUT2D eigenvalue weighted by atomic mass is 10.0. The van der Waals surface area contributed by atoms with Crippen LogP contribution >= 0.6 is 0 Å². The second kappa shape index (κ2) is 7.12. The van der Waals surface area contributed by atoms with E-state index >= 15 is 0 Å². The molecular formula is C22H15N2O5-. The smallest absolute Gasteiger partial charge is 0.333 e. The topological polar surface area (TPSA) is 103 Å². The van der Waals surface area contributed by atoms with Gasteiger partial charge in [-0.3, -0.25) is 4.79 Å². The molecule has 3 amide bonds. The molecule has 7 nitrogen and oxygen atoms in total. The van der Waals surface area contributed by atoms with E-state index in [4.69, 9.17) is 4.42 Å². The largest absolute Gasteiger partial charge is 0.545 e. The molecule has 2 heterocycles. The number of rotatable bonds is 4. The fourth-order valence-corrected chi connectivity index (χ4v) is 3.19. The van der Waals surface area contributed by atoms with Gasteiger partial charge in [-0.15, -0.1) is 0 Å². The fourth-order valence-electron chi connectivity index (χ4n) is 3.19. The summed E-state index contributed by atoms with van der Waals surface area (Å²) < 4.78 is 5.76. The molecule has 1 aliphatic heterocycles. The number of imide groups is 1. The van der Waals surface area contributed by atoms with Crippen LogP contribution in [0.4, 0.5) is 10.5 Å². The summed E-state index contributed by atoms with van der Waals surface area (Å²) in [5, 5.41) is 13.8. The van der Waals surface area contributed by atoms with Crippen molar-refractivity contribution in [2.45, 2.75) is 6.92 Å². The zero-order chi connectivity index (χ0) is 20.5. The number of amides is 3. The quantitative estimate of drug-likeness (QED) is 0.548. The second-order valence-electron chi connectivity index (χ2n) is 6.43. The fraction of sp³-hybridized carbons (Fsp3) is 0.0455. The molecule has 3 aromatic rings. The Balaban J connectivity index is 1.64. The molecule has 0 aliphatic carbocycles. The summed E-state index contributed by atoms with van der Waals surface area (Å²) in [7, 11) is 0. The lowest BCUT2D eigenvalue weighted by Gasteiger charge is -2.10. The standard InChI is InChI=1S/C22H16N2O5/c1-13-16(8-5-9-17(13)21(26)27)19-11-10-15(29-19)12-18-20(25)24(22(28)23-18)14-6-3-2-4-7-14/h2-12H,1H3,(H,23,28)(H,26,27)/p-1/b18-12+. The van der Waals surface area contributed by atoms with Crippen molar-refractivity contribution < 1.29 is 23.9 Å². The van der Waals surface area contributed by atoms with Crippen molar-refractivity contribution >= 4 is 29.7 Å². The molecule has 0 bridgehead atoms. The number of nitrogens with zero attached hydrogens (tertiary/aromatic N) is 1. The van der Waals surface area contributed by atoms with Gasteiger partial charge < -0.3 is 19.6 Å². The van der Waals surface area contributed by atoms with E-state index in [1.165, 1.54) is 12.1 Å². The van der Waals surface area contributed by atoms with Gasteiger partial charge >= 0.3 is 6.03 Å². The summed E-state index contributed by atoms with van der Waals surface area (Å²) in [4.78, 5) is 37.1. The van der Waals surface area contributed by atoms with Gasteiger partial charge in [-0.2, -0.15) is 0 Å². The Hall–Kier alpha value is -4.13. The summed E-state index contributed by atoms with van der Waals surface area (Å²) in [5.74, 6) is -0.973. The molecule has 0 atom stereocenters. The molecule has 4 rings (SSSR count). The van der Waals surface area contributed by atoms with Crippen LogP contribution in [0.25, 0.3) is 17.4 Å². The van der Waals surface area contributed by atoms with Crippen LogP contribution in [0.2, 0.25) is 0 Å². The second-order valence-corrected chi connectivity index (χ2v) is 6.43. The molecule has 29 heavy (non-hydrogen) atoms. The molecule has 1 aliphatic rings. The number of carboxylic acids is 1. The molecule has 2 aromatic carbocycles. The van der Waals surface area contributed by atoms with Crippen molar-refractivity contribution in [3.8, 4) is 11.3 Å². The molecule has 0 spiro atoms. The zero-order valence-electron chi connectivity index (χ0n) is 15.3. The Bertz CT molecular complexity index is 1160. The third-order valence-electron chi connectivity index (χ3n) is 4.63. The summed E-state index contributed by atoms with van der Waals surface area (Å²) >= 11 is 0. The number of carboxylic acid groups (broad SMARTS) is 1. The van der Waals surface area contributed by atoms with Gasteiger partial charge in [-0.25, -0.2) is 9.69 Å². The first-order chi connectivity index (χ1) is 14.0. The van der Waals surface area contributed by atoms with Crippen LogP contribution < -0.4 is 15.3 Å². The summed E-state index contributed by atoms with van der Waals surface area (Å²) in [6.45, 7) is 1.67. The van der Waals surface area contributed by atoms with Gasteiger partial charge in [-0.1, -0.05) is 36.4 Å². The van der Waals surface area contributed by atoms with Crippen molar-refractivity contribution in [2.75, 3.05) is 4.90 Å². The van der Waals surface area contributed by atoms with Crippen LogP contribution in [0, 0.1) is 6.92 Å². The van der Waals surface area contributed by atoms with Crippen molar-refractivity contribution in [3.63, 3.8) is 0 Å². The Morgan fingerprint density at radius 1 is 1.03 bits per heavy atom. The van der Waals surface area contributed by atoms with E-state index in [-0.39, 0.29) is 11.3 Å². The van der Waals surface area contributed by atoms with E-state index < -0.39 is 17.9 Å². The maximum absolute atomic E-state index is 12.6. The third-order valence-corrected chi connectivity index (χ3v) is 4.63. The van der Waals surface area contributed by atoms with E-state index in [1.54, 1.807) is 61.5 Å². The van der Waals surface area contributed by atoms with Crippen molar-refractivity contribution in [1.29, 1.82) is 0 Å². The van der Waals surface area contributed by atoms with Crippen LogP contribution in [-0.2, 0) is 4.79 Å². The predicted octanol–water partition coefficient (Wildman–Crippen LogP) is 2.72. The number of furan rings is 1. The van der Waals surface area contributed by atoms with Crippen LogP contribution in [0.5, 0.6) is 0 Å². The monoisotopic (exact) mass is 387 g/mol. The average molecular weight is 387 g/mol. The van der Waals surface area contributed by atoms with E-state index in [0.29, 0.717) is 28.3 Å². The number of carbonyl (C=O) groups is 3. The number of para-hydroxylation sites is 1. The van der Waals surface area contributed by atoms with Crippen LogP contribution in [-0.4, -0.2) is 17.9 Å². The van der Waals surface area contributed by atoms with Crippen LogP contribution in [0.1, 0.15) is 21.7 Å². The SMILES string of the molecule is Cc1c(C(=O)[O-])cccc1-c1ccc(/C=C2/NC(=O)N(c3ccccc3)C2=O)o1. The molecule has 1 N–H and O–H groups in total. The number of hydrogen-bond donors (Lipinski definition) is 1. The number of anilines is 1. The number of urea groups is 1. The first kappa shape index (κ1) is 18.2.